The fourth-order valence-corrected chi connectivity index (χ4v) is 1.72. The number of nitrogens with two attached hydrogens (primary N) is 1. The number of alkyl halides is 1. The number of benzene rings is 1. The minimum Gasteiger partial charge on any atom is -0.366 e. The van der Waals surface area contributed by atoms with Gasteiger partial charge in [0.2, 0.25) is 11.8 Å². The predicted molar refractivity (Wildman–Crippen MR) is 71.2 cm³/mol. The highest BCUT2D eigenvalue weighted by atomic mass is 79.9. The zero-order valence-corrected chi connectivity index (χ0v) is 11.0. The van der Waals surface area contributed by atoms with Gasteiger partial charge in [-0.2, -0.15) is 0 Å². The lowest BCUT2D eigenvalue weighted by molar-refractivity contribution is -0.116. The topological polar surface area (TPSA) is 72.2 Å². The zero-order chi connectivity index (χ0) is 12.7. The zero-order valence-electron chi connectivity index (χ0n) is 9.41. The molecule has 17 heavy (non-hydrogen) atoms. The Morgan fingerprint density at radius 3 is 2.35 bits per heavy atom. The normalized spacial score (nSPS) is 9.94. The number of hydrogen-bond acceptors (Lipinski definition) is 2. The van der Waals surface area contributed by atoms with Crippen LogP contribution in [0.25, 0.3) is 0 Å². The average Bonchev–Trinajstić information content (AvgIpc) is 2.30. The number of hydrogen-bond donors (Lipinski definition) is 2. The van der Waals surface area contributed by atoms with Crippen LogP contribution >= 0.6 is 15.9 Å². The molecule has 0 saturated carbocycles. The molecular formula is C12H15BrN2O2. The summed E-state index contributed by atoms with van der Waals surface area (Å²) in [6.07, 6.45) is 2.34. The number of halogens is 1. The SMILES string of the molecule is NC(=O)c1ccc(NC(=O)CCCCBr)cc1. The molecule has 1 rings (SSSR count). The molecule has 5 heteroatoms. The Kier molecular flexibility index (Phi) is 5.69. The molecule has 0 radical (unpaired) electrons. The van der Waals surface area contributed by atoms with Crippen molar-refractivity contribution < 1.29 is 9.59 Å². The van der Waals surface area contributed by atoms with Crippen LogP contribution in [0.1, 0.15) is 29.6 Å². The van der Waals surface area contributed by atoms with Crippen molar-refractivity contribution in [2.45, 2.75) is 19.3 Å². The van der Waals surface area contributed by atoms with E-state index in [4.69, 9.17) is 5.73 Å². The summed E-state index contributed by atoms with van der Waals surface area (Å²) in [5, 5.41) is 3.67. The van der Waals surface area contributed by atoms with Gasteiger partial charge in [0.25, 0.3) is 0 Å². The van der Waals surface area contributed by atoms with Crippen LogP contribution in [0.3, 0.4) is 0 Å². The Morgan fingerprint density at radius 1 is 1.18 bits per heavy atom. The molecule has 1 aromatic rings. The smallest absolute Gasteiger partial charge is 0.248 e. The van der Waals surface area contributed by atoms with E-state index >= 15 is 0 Å². The van der Waals surface area contributed by atoms with Gasteiger partial charge in [0.05, 0.1) is 0 Å². The van der Waals surface area contributed by atoms with Crippen LogP contribution < -0.4 is 11.1 Å². The van der Waals surface area contributed by atoms with Crippen molar-refractivity contribution in [1.82, 2.24) is 0 Å². The number of amides is 2. The number of unbranched alkanes of at least 4 members (excludes halogenated alkanes) is 1. The van der Waals surface area contributed by atoms with Crippen molar-refractivity contribution >= 4 is 33.4 Å². The quantitative estimate of drug-likeness (QED) is 0.625. The number of carbonyl (C=O) groups excluding carboxylic acids is 2. The van der Waals surface area contributed by atoms with E-state index in [-0.39, 0.29) is 5.91 Å². The van der Waals surface area contributed by atoms with Crippen LogP contribution in [0.5, 0.6) is 0 Å². The van der Waals surface area contributed by atoms with Gasteiger partial charge in [-0.3, -0.25) is 9.59 Å². The summed E-state index contributed by atoms with van der Waals surface area (Å²) in [6, 6.07) is 6.53. The molecule has 0 unspecified atom stereocenters. The fraction of sp³-hybridized carbons (Fsp3) is 0.333. The summed E-state index contributed by atoms with van der Waals surface area (Å²) in [4.78, 5) is 22.3. The molecular weight excluding hydrogens is 284 g/mol. The number of nitrogens with one attached hydrogen (secondary N) is 1. The van der Waals surface area contributed by atoms with Gasteiger partial charge in [-0.05, 0) is 37.1 Å². The molecule has 0 aliphatic rings. The highest BCUT2D eigenvalue weighted by Crippen LogP contribution is 2.10. The first kappa shape index (κ1) is 13.7. The minimum atomic E-state index is -0.472. The van der Waals surface area contributed by atoms with Crippen LogP contribution in [0.2, 0.25) is 0 Å². The van der Waals surface area contributed by atoms with Crippen molar-refractivity contribution in [2.75, 3.05) is 10.6 Å². The Bertz CT molecular complexity index is 390. The van der Waals surface area contributed by atoms with Crippen molar-refractivity contribution in [3.05, 3.63) is 29.8 Å². The first-order valence-electron chi connectivity index (χ1n) is 5.39. The summed E-state index contributed by atoms with van der Waals surface area (Å²) in [7, 11) is 0. The minimum absolute atomic E-state index is 0.0159. The molecule has 0 heterocycles. The van der Waals surface area contributed by atoms with E-state index in [1.165, 1.54) is 0 Å². The van der Waals surface area contributed by atoms with Gasteiger partial charge in [-0.15, -0.1) is 0 Å². The molecule has 0 spiro atoms. The largest absolute Gasteiger partial charge is 0.366 e. The maximum atomic E-state index is 11.5. The Balaban J connectivity index is 2.46. The van der Waals surface area contributed by atoms with Gasteiger partial charge < -0.3 is 11.1 Å². The Hall–Kier alpha value is -1.36. The molecule has 2 amide bonds. The molecule has 0 aliphatic heterocycles. The van der Waals surface area contributed by atoms with Crippen LogP contribution in [0.15, 0.2) is 24.3 Å². The average molecular weight is 299 g/mol. The predicted octanol–water partition coefficient (Wildman–Crippen LogP) is 2.29. The molecule has 0 aliphatic carbocycles. The molecule has 0 atom stereocenters. The summed E-state index contributed by atoms with van der Waals surface area (Å²) in [5.74, 6) is -0.488. The van der Waals surface area contributed by atoms with Crippen LogP contribution in [0.4, 0.5) is 5.69 Å². The van der Waals surface area contributed by atoms with Gasteiger partial charge in [0.1, 0.15) is 0 Å². The molecule has 0 aromatic heterocycles. The van der Waals surface area contributed by atoms with E-state index < -0.39 is 5.91 Å². The molecule has 92 valence electrons. The maximum absolute atomic E-state index is 11.5. The highest BCUT2D eigenvalue weighted by Gasteiger charge is 2.03. The number of primary amides is 1. The molecule has 0 saturated heterocycles. The third kappa shape index (κ3) is 4.99. The van der Waals surface area contributed by atoms with E-state index in [2.05, 4.69) is 21.2 Å². The Morgan fingerprint density at radius 2 is 1.82 bits per heavy atom. The standard InChI is InChI=1S/C12H15BrN2O2/c13-8-2-1-3-11(16)15-10-6-4-9(5-7-10)12(14)17/h4-7H,1-3,8H2,(H2,14,17)(H,15,16). The lowest BCUT2D eigenvalue weighted by Gasteiger charge is -2.05. The maximum Gasteiger partial charge on any atom is 0.248 e. The van der Waals surface area contributed by atoms with Crippen molar-refractivity contribution in [2.24, 2.45) is 5.73 Å². The van der Waals surface area contributed by atoms with Gasteiger partial charge >= 0.3 is 0 Å². The number of carbonyl (C=O) groups is 2. The van der Waals surface area contributed by atoms with Gasteiger partial charge in [-0.25, -0.2) is 0 Å². The summed E-state index contributed by atoms with van der Waals surface area (Å²) < 4.78 is 0. The second-order valence-electron chi connectivity index (χ2n) is 3.64. The van der Waals surface area contributed by atoms with E-state index in [0.29, 0.717) is 17.7 Å². The van der Waals surface area contributed by atoms with Crippen LogP contribution in [0, 0.1) is 0 Å². The van der Waals surface area contributed by atoms with Gasteiger partial charge in [0.15, 0.2) is 0 Å². The highest BCUT2D eigenvalue weighted by molar-refractivity contribution is 9.09. The summed E-state index contributed by atoms with van der Waals surface area (Å²) >= 11 is 3.31. The van der Waals surface area contributed by atoms with Crippen molar-refractivity contribution in [1.29, 1.82) is 0 Å². The second-order valence-corrected chi connectivity index (χ2v) is 4.43. The summed E-state index contributed by atoms with van der Waals surface area (Å²) in [5.41, 5.74) is 6.23. The van der Waals surface area contributed by atoms with E-state index in [9.17, 15) is 9.59 Å². The van der Waals surface area contributed by atoms with E-state index in [0.717, 1.165) is 18.2 Å². The first-order chi connectivity index (χ1) is 8.13. The van der Waals surface area contributed by atoms with Gasteiger partial charge in [-0.1, -0.05) is 15.9 Å². The van der Waals surface area contributed by atoms with E-state index in [1.54, 1.807) is 24.3 Å². The molecule has 3 N–H and O–H groups in total. The third-order valence-corrected chi connectivity index (χ3v) is 2.80. The number of rotatable bonds is 6. The first-order valence-corrected chi connectivity index (χ1v) is 6.51. The molecule has 0 fully saturated rings. The third-order valence-electron chi connectivity index (χ3n) is 2.24. The molecule has 0 bridgehead atoms. The fourth-order valence-electron chi connectivity index (χ4n) is 1.32. The summed E-state index contributed by atoms with van der Waals surface area (Å²) in [6.45, 7) is 0. The van der Waals surface area contributed by atoms with Crippen molar-refractivity contribution in [3.8, 4) is 0 Å². The lowest BCUT2D eigenvalue weighted by Crippen LogP contribution is -2.13. The molecule has 4 nitrogen and oxygen atoms in total. The number of anilines is 1. The van der Waals surface area contributed by atoms with Crippen molar-refractivity contribution in [3.63, 3.8) is 0 Å². The molecule has 1 aromatic carbocycles. The Labute approximate surface area is 109 Å². The lowest BCUT2D eigenvalue weighted by atomic mass is 10.2. The van der Waals surface area contributed by atoms with E-state index in [1.807, 2.05) is 0 Å². The monoisotopic (exact) mass is 298 g/mol. The van der Waals surface area contributed by atoms with Crippen LogP contribution in [-0.4, -0.2) is 17.1 Å². The van der Waals surface area contributed by atoms with Gasteiger partial charge in [0, 0.05) is 23.0 Å². The van der Waals surface area contributed by atoms with Crippen LogP contribution in [-0.2, 0) is 4.79 Å². The second kappa shape index (κ2) is 7.06.